The lowest BCUT2D eigenvalue weighted by Crippen LogP contribution is -2.45. The number of hydrogen-bond acceptors (Lipinski definition) is 5. The number of urea groups is 1. The molecule has 2 heterocycles. The van der Waals surface area contributed by atoms with Crippen LogP contribution in [0.4, 0.5) is 4.79 Å². The molecule has 1 fully saturated rings. The minimum Gasteiger partial charge on any atom is -0.355 e. The fourth-order valence-corrected chi connectivity index (χ4v) is 2.93. The maximum atomic E-state index is 12.4. The normalized spacial score (nSPS) is 19.8. The van der Waals surface area contributed by atoms with Crippen molar-refractivity contribution in [2.45, 2.75) is 32.0 Å². The lowest BCUT2D eigenvalue weighted by molar-refractivity contribution is -0.125. The predicted octanol–water partition coefficient (Wildman–Crippen LogP) is -1.12. The zero-order valence-corrected chi connectivity index (χ0v) is 15.4. The van der Waals surface area contributed by atoms with Crippen LogP contribution in [0.2, 0.25) is 0 Å². The van der Waals surface area contributed by atoms with E-state index in [1.54, 1.807) is 26.6 Å². The summed E-state index contributed by atoms with van der Waals surface area (Å²) in [7, 11) is 3.21. The summed E-state index contributed by atoms with van der Waals surface area (Å²) in [5.74, 6) is -0.326. The van der Waals surface area contributed by atoms with Gasteiger partial charge in [-0.1, -0.05) is 0 Å². The highest BCUT2D eigenvalue weighted by Crippen LogP contribution is 2.20. The summed E-state index contributed by atoms with van der Waals surface area (Å²) in [5.41, 5.74) is 0.907. The van der Waals surface area contributed by atoms with Crippen molar-refractivity contribution in [1.29, 1.82) is 0 Å². The van der Waals surface area contributed by atoms with E-state index < -0.39 is 0 Å². The van der Waals surface area contributed by atoms with Gasteiger partial charge >= 0.3 is 6.03 Å². The Morgan fingerprint density at radius 3 is 2.73 bits per heavy atom. The third-order valence-corrected chi connectivity index (χ3v) is 4.16. The minimum absolute atomic E-state index is 0.0512. The topological polar surface area (TPSA) is 122 Å². The van der Waals surface area contributed by atoms with E-state index in [4.69, 9.17) is 0 Å². The van der Waals surface area contributed by atoms with Crippen molar-refractivity contribution in [2.75, 3.05) is 33.7 Å². The number of imidazole rings is 1. The van der Waals surface area contributed by atoms with E-state index >= 15 is 0 Å². The molecular formula is C16H27N7O3. The van der Waals surface area contributed by atoms with Gasteiger partial charge in [0.15, 0.2) is 0 Å². The monoisotopic (exact) mass is 365 g/mol. The number of likely N-dealkylation sites (N-methyl/N-ethyl adjacent to an activating group) is 1. The maximum absolute atomic E-state index is 12.4. The number of aromatic amines is 1. The molecule has 0 aliphatic carbocycles. The van der Waals surface area contributed by atoms with Gasteiger partial charge < -0.3 is 25.8 Å². The number of carbonyl (C=O) groups is 3. The van der Waals surface area contributed by atoms with Crippen molar-refractivity contribution in [2.24, 2.45) is 0 Å². The van der Waals surface area contributed by atoms with Crippen LogP contribution in [-0.2, 0) is 16.1 Å². The van der Waals surface area contributed by atoms with Crippen molar-refractivity contribution in [3.05, 3.63) is 18.2 Å². The molecule has 10 nitrogen and oxygen atoms in total. The first-order valence-electron chi connectivity index (χ1n) is 8.64. The molecule has 1 aliphatic rings. The highest BCUT2D eigenvalue weighted by Gasteiger charge is 2.37. The molecule has 26 heavy (non-hydrogen) atoms. The van der Waals surface area contributed by atoms with Crippen LogP contribution in [0.25, 0.3) is 0 Å². The predicted molar refractivity (Wildman–Crippen MR) is 95.1 cm³/mol. The third kappa shape index (κ3) is 5.45. The van der Waals surface area contributed by atoms with Gasteiger partial charge in [-0.25, -0.2) is 9.78 Å². The summed E-state index contributed by atoms with van der Waals surface area (Å²) >= 11 is 0. The summed E-state index contributed by atoms with van der Waals surface area (Å²) in [5, 5.41) is 8.26. The third-order valence-electron chi connectivity index (χ3n) is 4.16. The first-order valence-corrected chi connectivity index (χ1v) is 8.64. The molecule has 0 unspecified atom stereocenters. The van der Waals surface area contributed by atoms with Crippen LogP contribution >= 0.6 is 0 Å². The molecule has 0 spiro atoms. The molecule has 144 valence electrons. The lowest BCUT2D eigenvalue weighted by atomic mass is 10.1. The number of amides is 4. The molecule has 2 atom stereocenters. The van der Waals surface area contributed by atoms with Gasteiger partial charge in [0.2, 0.25) is 11.8 Å². The van der Waals surface area contributed by atoms with E-state index in [2.05, 4.69) is 25.9 Å². The standard InChI is InChI=1S/C16H27N7O3/c1-4-18-15(25)13-5-11(8-23(13)9-12-6-17-10-20-12)21-14(24)7-19-16(26)22(2)3/h6,10-11,13H,4-5,7-9H2,1-3H3,(H,17,20)(H,18,25)(H,19,26)(H,21,24)/t11-,13-/m0/s1. The van der Waals surface area contributed by atoms with E-state index in [0.29, 0.717) is 26.1 Å². The number of hydrogen-bond donors (Lipinski definition) is 4. The lowest BCUT2D eigenvalue weighted by Gasteiger charge is -2.22. The van der Waals surface area contributed by atoms with E-state index in [0.717, 1.165) is 5.69 Å². The van der Waals surface area contributed by atoms with Crippen molar-refractivity contribution in [3.63, 3.8) is 0 Å². The second-order valence-electron chi connectivity index (χ2n) is 6.47. The molecular weight excluding hydrogens is 338 g/mol. The van der Waals surface area contributed by atoms with Crippen LogP contribution < -0.4 is 16.0 Å². The van der Waals surface area contributed by atoms with Crippen LogP contribution in [0.5, 0.6) is 0 Å². The van der Waals surface area contributed by atoms with E-state index in [1.807, 2.05) is 11.8 Å². The zero-order valence-electron chi connectivity index (χ0n) is 15.4. The van der Waals surface area contributed by atoms with Crippen LogP contribution in [0, 0.1) is 0 Å². The number of H-pyrrole nitrogens is 1. The Morgan fingerprint density at radius 2 is 2.12 bits per heavy atom. The molecule has 0 aromatic carbocycles. The maximum Gasteiger partial charge on any atom is 0.317 e. The highest BCUT2D eigenvalue weighted by molar-refractivity contribution is 5.85. The fourth-order valence-electron chi connectivity index (χ4n) is 2.93. The molecule has 2 rings (SSSR count). The Bertz CT molecular complexity index is 617. The van der Waals surface area contributed by atoms with Gasteiger partial charge in [-0.05, 0) is 13.3 Å². The van der Waals surface area contributed by atoms with Gasteiger partial charge in [0, 0.05) is 51.7 Å². The van der Waals surface area contributed by atoms with Gasteiger partial charge in [0.1, 0.15) is 0 Å². The Morgan fingerprint density at radius 1 is 1.35 bits per heavy atom. The molecule has 1 aliphatic heterocycles. The Labute approximate surface area is 152 Å². The quantitative estimate of drug-likeness (QED) is 0.487. The Hall–Kier alpha value is -2.62. The minimum atomic E-state index is -0.326. The Kier molecular flexibility index (Phi) is 6.96. The number of carbonyl (C=O) groups excluding carboxylic acids is 3. The molecule has 4 amide bonds. The largest absolute Gasteiger partial charge is 0.355 e. The smallest absolute Gasteiger partial charge is 0.317 e. The molecule has 0 bridgehead atoms. The van der Waals surface area contributed by atoms with E-state index in [-0.39, 0.29) is 36.5 Å². The van der Waals surface area contributed by atoms with Crippen molar-refractivity contribution >= 4 is 17.8 Å². The van der Waals surface area contributed by atoms with Crippen molar-refractivity contribution in [1.82, 2.24) is 35.7 Å². The summed E-state index contributed by atoms with van der Waals surface area (Å²) in [4.78, 5) is 46.3. The van der Waals surface area contributed by atoms with Crippen LogP contribution in [0.3, 0.4) is 0 Å². The van der Waals surface area contributed by atoms with Gasteiger partial charge in [-0.2, -0.15) is 0 Å². The number of aromatic nitrogens is 2. The molecule has 1 aromatic heterocycles. The second kappa shape index (κ2) is 9.18. The van der Waals surface area contributed by atoms with Crippen molar-refractivity contribution in [3.8, 4) is 0 Å². The van der Waals surface area contributed by atoms with Gasteiger partial charge in [-0.15, -0.1) is 0 Å². The number of rotatable bonds is 7. The van der Waals surface area contributed by atoms with Crippen LogP contribution in [0.1, 0.15) is 19.0 Å². The van der Waals surface area contributed by atoms with Gasteiger partial charge in [0.05, 0.1) is 18.9 Å². The average molecular weight is 365 g/mol. The molecule has 0 saturated carbocycles. The fraction of sp³-hybridized carbons (Fsp3) is 0.625. The molecule has 1 aromatic rings. The first-order chi connectivity index (χ1) is 12.4. The van der Waals surface area contributed by atoms with Crippen LogP contribution in [-0.4, -0.2) is 83.4 Å². The number of nitrogens with one attached hydrogen (secondary N) is 4. The number of nitrogens with zero attached hydrogens (tertiary/aromatic N) is 3. The highest BCUT2D eigenvalue weighted by atomic mass is 16.2. The summed E-state index contributed by atoms with van der Waals surface area (Å²) in [6.07, 6.45) is 3.84. The zero-order chi connectivity index (χ0) is 19.1. The van der Waals surface area contributed by atoms with Crippen molar-refractivity contribution < 1.29 is 14.4 Å². The summed E-state index contributed by atoms with van der Waals surface area (Å²) in [6.45, 7) is 3.43. The summed E-state index contributed by atoms with van der Waals surface area (Å²) in [6, 6.07) is -0.804. The van der Waals surface area contributed by atoms with Gasteiger partial charge in [-0.3, -0.25) is 14.5 Å². The Balaban J connectivity index is 1.92. The number of likely N-dealkylation sites (tertiary alicyclic amines) is 1. The average Bonchev–Trinajstić information content (AvgIpc) is 3.23. The van der Waals surface area contributed by atoms with E-state index in [1.165, 1.54) is 4.90 Å². The molecule has 1 saturated heterocycles. The summed E-state index contributed by atoms with van der Waals surface area (Å²) < 4.78 is 0. The molecule has 10 heteroatoms. The second-order valence-corrected chi connectivity index (χ2v) is 6.47. The van der Waals surface area contributed by atoms with E-state index in [9.17, 15) is 14.4 Å². The molecule has 4 N–H and O–H groups in total. The SMILES string of the molecule is CCNC(=O)[C@@H]1C[C@H](NC(=O)CNC(=O)N(C)C)CN1Cc1cnc[nH]1. The molecule has 0 radical (unpaired) electrons. The van der Waals surface area contributed by atoms with Crippen LogP contribution in [0.15, 0.2) is 12.5 Å². The van der Waals surface area contributed by atoms with Gasteiger partial charge in [0.25, 0.3) is 0 Å². The first kappa shape index (κ1) is 19.7.